The Labute approximate surface area is 74.3 Å². The molecule has 1 aromatic heterocycles. The third-order valence-electron chi connectivity index (χ3n) is 1.43. The highest BCUT2D eigenvalue weighted by molar-refractivity contribution is 5.85. The minimum atomic E-state index is 0. The highest BCUT2D eigenvalue weighted by atomic mass is 35.5. The van der Waals surface area contributed by atoms with Crippen LogP contribution in [0.2, 0.25) is 0 Å². The van der Waals surface area contributed by atoms with E-state index >= 15 is 0 Å². The van der Waals surface area contributed by atoms with Gasteiger partial charge in [-0.1, -0.05) is 26.8 Å². The van der Waals surface area contributed by atoms with Crippen molar-refractivity contribution in [1.82, 2.24) is 4.98 Å². The van der Waals surface area contributed by atoms with Gasteiger partial charge in [0.2, 0.25) is 0 Å². The Morgan fingerprint density at radius 1 is 1.18 bits per heavy atom. The fourth-order valence-electron chi connectivity index (χ4n) is 0.806. The fourth-order valence-corrected chi connectivity index (χ4v) is 0.806. The molecule has 0 amide bonds. The summed E-state index contributed by atoms with van der Waals surface area (Å²) in [5.41, 5.74) is 1.33. The molecule has 0 saturated carbocycles. The first kappa shape index (κ1) is 10.4. The molecule has 0 spiro atoms. The van der Waals surface area contributed by atoms with Crippen molar-refractivity contribution >= 4 is 12.4 Å². The molecular weight excluding hydrogens is 158 g/mol. The molecule has 1 nitrogen and oxygen atoms in total. The van der Waals surface area contributed by atoms with Crippen molar-refractivity contribution in [3.05, 3.63) is 30.1 Å². The van der Waals surface area contributed by atoms with Gasteiger partial charge in [-0.2, -0.15) is 0 Å². The fraction of sp³-hybridized carbons (Fsp3) is 0.444. The zero-order valence-electron chi connectivity index (χ0n) is 7.16. The van der Waals surface area contributed by atoms with E-state index in [4.69, 9.17) is 0 Å². The van der Waals surface area contributed by atoms with Gasteiger partial charge in [0.15, 0.2) is 0 Å². The summed E-state index contributed by atoms with van der Waals surface area (Å²) in [6.07, 6.45) is 1.83. The van der Waals surface area contributed by atoms with Crippen molar-refractivity contribution in [2.75, 3.05) is 0 Å². The molecule has 0 atom stereocenters. The normalized spacial score (nSPS) is 10.5. The molecule has 1 heterocycles. The van der Waals surface area contributed by atoms with E-state index in [1.807, 2.05) is 18.3 Å². The Kier molecular flexibility index (Phi) is 3.53. The minimum Gasteiger partial charge on any atom is -0.261 e. The van der Waals surface area contributed by atoms with E-state index in [0.29, 0.717) is 0 Å². The molecule has 1 rings (SSSR count). The van der Waals surface area contributed by atoms with E-state index in [-0.39, 0.29) is 17.8 Å². The van der Waals surface area contributed by atoms with Crippen LogP contribution in [0.25, 0.3) is 0 Å². The van der Waals surface area contributed by atoms with Crippen molar-refractivity contribution in [2.45, 2.75) is 26.2 Å². The maximum absolute atomic E-state index is 4.25. The smallest absolute Gasteiger partial charge is 0.0457 e. The molecule has 0 bridgehead atoms. The molecule has 0 aliphatic carbocycles. The molecule has 0 N–H and O–H groups in total. The maximum atomic E-state index is 4.25. The molecular formula is C9H14ClN. The number of hydrogen-bond donors (Lipinski definition) is 0. The van der Waals surface area contributed by atoms with E-state index in [1.165, 1.54) is 0 Å². The van der Waals surface area contributed by atoms with Crippen LogP contribution in [-0.4, -0.2) is 4.98 Å². The van der Waals surface area contributed by atoms with Gasteiger partial charge in [-0.15, -0.1) is 12.4 Å². The van der Waals surface area contributed by atoms with Crippen LogP contribution in [0.15, 0.2) is 24.4 Å². The van der Waals surface area contributed by atoms with Gasteiger partial charge in [0.25, 0.3) is 0 Å². The van der Waals surface area contributed by atoms with Crippen LogP contribution in [0.3, 0.4) is 0 Å². The Morgan fingerprint density at radius 2 is 1.82 bits per heavy atom. The largest absolute Gasteiger partial charge is 0.261 e. The summed E-state index contributed by atoms with van der Waals surface area (Å²) in [5.74, 6) is 0. The van der Waals surface area contributed by atoms with E-state index in [1.54, 1.807) is 0 Å². The van der Waals surface area contributed by atoms with Gasteiger partial charge < -0.3 is 0 Å². The number of pyridine rings is 1. The van der Waals surface area contributed by atoms with Crippen molar-refractivity contribution < 1.29 is 0 Å². The van der Waals surface area contributed by atoms with Crippen LogP contribution in [0.1, 0.15) is 26.5 Å². The summed E-state index contributed by atoms with van der Waals surface area (Å²) in [6, 6.07) is 6.02. The van der Waals surface area contributed by atoms with Gasteiger partial charge >= 0.3 is 0 Å². The van der Waals surface area contributed by atoms with Crippen LogP contribution in [0.5, 0.6) is 0 Å². The molecule has 0 aliphatic rings. The lowest BCUT2D eigenvalue weighted by Crippen LogP contribution is -2.12. The average Bonchev–Trinajstić information content (AvgIpc) is 1.88. The zero-order valence-corrected chi connectivity index (χ0v) is 7.98. The van der Waals surface area contributed by atoms with Crippen molar-refractivity contribution in [1.29, 1.82) is 0 Å². The molecule has 0 unspecified atom stereocenters. The third-order valence-corrected chi connectivity index (χ3v) is 1.43. The second-order valence-corrected chi connectivity index (χ2v) is 3.46. The third kappa shape index (κ3) is 2.89. The van der Waals surface area contributed by atoms with Gasteiger partial charge in [0.05, 0.1) is 0 Å². The Morgan fingerprint density at radius 3 is 2.09 bits per heavy atom. The zero-order chi connectivity index (χ0) is 7.61. The Balaban J connectivity index is 0.000001000. The molecule has 0 aliphatic heterocycles. The highest BCUT2D eigenvalue weighted by Gasteiger charge is 2.13. The molecule has 0 radical (unpaired) electrons. The standard InChI is InChI=1S/C9H13N.ClH/c1-9(2,3)8-6-4-5-7-10-8;/h4-7H,1-3H3;1H. The average molecular weight is 172 g/mol. The molecule has 0 saturated heterocycles. The summed E-state index contributed by atoms with van der Waals surface area (Å²) in [6.45, 7) is 6.49. The van der Waals surface area contributed by atoms with E-state index in [9.17, 15) is 0 Å². The monoisotopic (exact) mass is 171 g/mol. The second-order valence-electron chi connectivity index (χ2n) is 3.46. The highest BCUT2D eigenvalue weighted by Crippen LogP contribution is 2.18. The number of halogens is 1. The van der Waals surface area contributed by atoms with Gasteiger partial charge in [-0.05, 0) is 12.1 Å². The van der Waals surface area contributed by atoms with Crippen molar-refractivity contribution in [3.8, 4) is 0 Å². The van der Waals surface area contributed by atoms with Crippen molar-refractivity contribution in [3.63, 3.8) is 0 Å². The summed E-state index contributed by atoms with van der Waals surface area (Å²) in [5, 5.41) is 0. The van der Waals surface area contributed by atoms with Crippen LogP contribution < -0.4 is 0 Å². The van der Waals surface area contributed by atoms with E-state index in [2.05, 4.69) is 31.8 Å². The van der Waals surface area contributed by atoms with Crippen molar-refractivity contribution in [2.24, 2.45) is 0 Å². The predicted octanol–water partition coefficient (Wildman–Crippen LogP) is 2.80. The first-order valence-electron chi connectivity index (χ1n) is 3.52. The first-order chi connectivity index (χ1) is 4.61. The summed E-state index contributed by atoms with van der Waals surface area (Å²) < 4.78 is 0. The van der Waals surface area contributed by atoms with Gasteiger partial charge in [0.1, 0.15) is 0 Å². The van der Waals surface area contributed by atoms with Gasteiger partial charge in [-0.25, -0.2) is 0 Å². The maximum Gasteiger partial charge on any atom is 0.0457 e. The molecule has 2 heteroatoms. The van der Waals surface area contributed by atoms with Crippen LogP contribution in [-0.2, 0) is 5.41 Å². The van der Waals surface area contributed by atoms with Gasteiger partial charge in [0, 0.05) is 17.3 Å². The molecule has 1 aromatic rings. The number of hydrogen-bond acceptors (Lipinski definition) is 1. The topological polar surface area (TPSA) is 12.9 Å². The van der Waals surface area contributed by atoms with Crippen LogP contribution in [0.4, 0.5) is 0 Å². The van der Waals surface area contributed by atoms with Gasteiger partial charge in [-0.3, -0.25) is 4.98 Å². The summed E-state index contributed by atoms with van der Waals surface area (Å²) in [7, 11) is 0. The lowest BCUT2D eigenvalue weighted by molar-refractivity contribution is 0.569. The molecule has 11 heavy (non-hydrogen) atoms. The van der Waals surface area contributed by atoms with Crippen LogP contribution in [0, 0.1) is 0 Å². The molecule has 0 aromatic carbocycles. The summed E-state index contributed by atoms with van der Waals surface area (Å²) in [4.78, 5) is 4.25. The number of nitrogens with zero attached hydrogens (tertiary/aromatic N) is 1. The van der Waals surface area contributed by atoms with E-state index < -0.39 is 0 Å². The quantitative estimate of drug-likeness (QED) is 0.585. The molecule has 62 valence electrons. The first-order valence-corrected chi connectivity index (χ1v) is 3.52. The Hall–Kier alpha value is -0.560. The number of aromatic nitrogens is 1. The minimum absolute atomic E-state index is 0. The second kappa shape index (κ2) is 3.72. The SMILES string of the molecule is CC(C)(C)c1ccccn1.Cl. The van der Waals surface area contributed by atoms with E-state index in [0.717, 1.165) is 5.69 Å². The molecule has 0 fully saturated rings. The lowest BCUT2D eigenvalue weighted by atomic mass is 9.92. The summed E-state index contributed by atoms with van der Waals surface area (Å²) >= 11 is 0. The predicted molar refractivity (Wildman–Crippen MR) is 50.2 cm³/mol. The number of rotatable bonds is 0. The van der Waals surface area contributed by atoms with Crippen LogP contribution >= 0.6 is 12.4 Å². The lowest BCUT2D eigenvalue weighted by Gasteiger charge is -2.16. The Bertz CT molecular complexity index is 201.